The van der Waals surface area contributed by atoms with Crippen LogP contribution in [0.5, 0.6) is 0 Å². The van der Waals surface area contributed by atoms with Gasteiger partial charge in [-0.1, -0.05) is 54.3 Å². The minimum atomic E-state index is -5.08. The van der Waals surface area contributed by atoms with Crippen LogP contribution in [0.2, 0.25) is 5.02 Å². The van der Waals surface area contributed by atoms with Crippen LogP contribution in [0.15, 0.2) is 42.6 Å². The van der Waals surface area contributed by atoms with Crippen LogP contribution in [0.25, 0.3) is 10.9 Å². The Morgan fingerprint density at radius 1 is 0.889 bits per heavy atom. The zero-order valence-electron chi connectivity index (χ0n) is 45.4. The number of ether oxygens (including phenoxy) is 1. The van der Waals surface area contributed by atoms with Gasteiger partial charge in [0.05, 0.1) is 47.2 Å². The molecule has 2 aromatic carbocycles. The van der Waals surface area contributed by atoms with Gasteiger partial charge in [-0.05, 0) is 64.3 Å². The number of hydrogen-bond acceptors (Lipinski definition) is 15. The molecule has 2 aliphatic heterocycles. The number of likely N-dealkylation sites (N-methyl/N-ethyl adjacent to an activating group) is 1. The number of aliphatic carboxylic acids is 1. The third kappa shape index (κ3) is 15.7. The summed E-state index contributed by atoms with van der Waals surface area (Å²) in [6.45, 7) is 10.3. The molecule has 2 atom stereocenters. The first-order valence-corrected chi connectivity index (χ1v) is 27.6. The molecule has 6 N–H and O–H groups in total. The van der Waals surface area contributed by atoms with Crippen LogP contribution in [-0.2, 0) is 26.2 Å². The number of benzene rings is 2. The van der Waals surface area contributed by atoms with Crippen LogP contribution in [0.1, 0.15) is 80.9 Å². The fraction of sp³-hybridized carbons (Fsp3) is 0.491. The summed E-state index contributed by atoms with van der Waals surface area (Å²) in [6.07, 6.45) is 1.16. The molecule has 3 aliphatic rings. The number of anilines is 4. The lowest BCUT2D eigenvalue weighted by atomic mass is 9.83. The molecule has 5 amide bonds. The molecule has 0 radical (unpaired) electrons. The highest BCUT2D eigenvalue weighted by molar-refractivity contribution is 7.17. The van der Waals surface area contributed by atoms with E-state index in [1.165, 1.54) is 29.1 Å². The van der Waals surface area contributed by atoms with E-state index in [0.717, 1.165) is 68.7 Å². The number of carboxylic acids is 1. The van der Waals surface area contributed by atoms with Crippen LogP contribution in [0, 0.1) is 31.4 Å². The maximum absolute atomic E-state index is 14.8. The van der Waals surface area contributed by atoms with Crippen molar-refractivity contribution in [3.63, 3.8) is 0 Å². The first-order valence-electron chi connectivity index (χ1n) is 26.4. The summed E-state index contributed by atoms with van der Waals surface area (Å²) in [5.41, 5.74) is 1.47. The van der Waals surface area contributed by atoms with E-state index in [-0.39, 0.29) is 85.1 Å². The minimum absolute atomic E-state index is 0.0115. The molecule has 2 unspecified atom stereocenters. The van der Waals surface area contributed by atoms with Crippen molar-refractivity contribution in [2.45, 2.75) is 71.1 Å². The predicted molar refractivity (Wildman–Crippen MR) is 294 cm³/mol. The Balaban J connectivity index is 0.00000127. The number of aromatic nitrogens is 4. The summed E-state index contributed by atoms with van der Waals surface area (Å²) >= 11 is 7.50. The highest BCUT2D eigenvalue weighted by atomic mass is 35.5. The Morgan fingerprint density at radius 3 is 2.21 bits per heavy atom. The number of rotatable bonds is 18. The lowest BCUT2D eigenvalue weighted by Crippen LogP contribution is -2.59. The first-order chi connectivity index (χ1) is 38.5. The van der Waals surface area contributed by atoms with Crippen molar-refractivity contribution >= 4 is 91.8 Å². The summed E-state index contributed by atoms with van der Waals surface area (Å²) < 4.78 is 68.5. The largest absolute Gasteiger partial charge is 0.490 e. The van der Waals surface area contributed by atoms with Gasteiger partial charge in [0.15, 0.2) is 16.8 Å². The molecule has 0 bridgehead atoms. The van der Waals surface area contributed by atoms with E-state index in [9.17, 15) is 45.9 Å². The summed E-state index contributed by atoms with van der Waals surface area (Å²) in [7, 11) is 3.22. The number of piperazine rings is 2. The normalized spacial score (nSPS) is 16.1. The number of thiazole rings is 1. The van der Waals surface area contributed by atoms with Crippen molar-refractivity contribution < 1.29 is 60.6 Å². The molecular formula is C53H65ClF5N13O8S. The number of nitrogens with zero attached hydrogens (tertiary/aromatic N) is 8. The number of carbonyl (C=O) groups excluding carboxylic acids is 5. The standard InChI is InChI=1S/C51H64ClF2N13O6S.C2HF3O2/c1-30-10-9-13-35(52)43(30)61-47(69)39-29-57-51(74-39)60-40-28-41(59-32(3)58-40)65-17-15-64(16-18-65)23-25-73-24-14-56-48(70)42-34-26-36(53)37(54)27-38(34)63(5)45(42)50(72)67-21-19-66(20-22-67)49(71)44(33-11-7-6-8-12-33)62-46(68)31(2)55-4;3-2(4,5)1(6)7/h9-10,13,26-29,31,33,44,55H,6-8,11-12,14-25H2,1-5H3,(H,56,70)(H,61,69)(H,62,68)(H,57,58,59,60);(H,6,7). The Bertz CT molecular complexity index is 3070. The summed E-state index contributed by atoms with van der Waals surface area (Å²) in [5.74, 6) is -5.03. The number of halogens is 6. The lowest BCUT2D eigenvalue weighted by Gasteiger charge is -2.39. The van der Waals surface area contributed by atoms with Crippen LogP contribution in [-0.4, -0.2) is 179 Å². The van der Waals surface area contributed by atoms with Gasteiger partial charge in [-0.25, -0.2) is 28.5 Å². The number of carbonyl (C=O) groups is 6. The molecular weight excluding hydrogens is 1110 g/mol. The number of alkyl halides is 3. The average Bonchev–Trinajstić information content (AvgIpc) is 4.09. The van der Waals surface area contributed by atoms with E-state index >= 15 is 0 Å². The third-order valence-corrected chi connectivity index (χ3v) is 15.6. The van der Waals surface area contributed by atoms with Crippen molar-refractivity contribution in [3.8, 4) is 0 Å². The second-order valence-corrected chi connectivity index (χ2v) is 21.2. The van der Waals surface area contributed by atoms with Gasteiger partial charge in [0.2, 0.25) is 11.8 Å². The lowest BCUT2D eigenvalue weighted by molar-refractivity contribution is -0.192. The number of fused-ring (bicyclic) bond motifs is 1. The topological polar surface area (TPSA) is 249 Å². The number of hydrogen-bond donors (Lipinski definition) is 6. The van der Waals surface area contributed by atoms with E-state index < -0.39 is 47.7 Å². The summed E-state index contributed by atoms with van der Waals surface area (Å²) in [5, 5.41) is 23.0. The fourth-order valence-electron chi connectivity index (χ4n) is 9.76. The maximum atomic E-state index is 14.8. The second kappa shape index (κ2) is 27.6. The molecule has 1 saturated carbocycles. The molecule has 3 fully saturated rings. The van der Waals surface area contributed by atoms with Crippen LogP contribution in [0.3, 0.4) is 0 Å². The van der Waals surface area contributed by atoms with E-state index in [1.54, 1.807) is 29.8 Å². The van der Waals surface area contributed by atoms with Gasteiger partial charge in [0.1, 0.15) is 34.1 Å². The Hall–Kier alpha value is -7.07. The summed E-state index contributed by atoms with van der Waals surface area (Å²) in [4.78, 5) is 98.9. The van der Waals surface area contributed by atoms with Gasteiger partial charge < -0.3 is 55.7 Å². The molecule has 3 aromatic heterocycles. The monoisotopic (exact) mass is 1170 g/mol. The number of amides is 5. The van der Waals surface area contributed by atoms with Gasteiger partial charge >= 0.3 is 12.1 Å². The quantitative estimate of drug-likeness (QED) is 0.0427. The van der Waals surface area contributed by atoms with Crippen LogP contribution >= 0.6 is 22.9 Å². The van der Waals surface area contributed by atoms with Gasteiger partial charge in [0, 0.05) is 90.0 Å². The number of aryl methyl sites for hydroxylation is 3. The molecule has 8 rings (SSSR count). The van der Waals surface area contributed by atoms with E-state index in [4.69, 9.17) is 26.2 Å². The molecule has 5 aromatic rings. The van der Waals surface area contributed by atoms with Crippen molar-refractivity contribution in [2.75, 3.05) is 101 Å². The van der Waals surface area contributed by atoms with Gasteiger partial charge in [-0.3, -0.25) is 28.9 Å². The zero-order valence-corrected chi connectivity index (χ0v) is 46.9. The van der Waals surface area contributed by atoms with Crippen LogP contribution in [0.4, 0.5) is 44.4 Å². The zero-order chi connectivity index (χ0) is 58.7. The molecule has 5 heterocycles. The smallest absolute Gasteiger partial charge is 0.475 e. The SMILES string of the molecule is CNC(C)C(=O)NC(C(=O)N1CCN(C(=O)c2c(C(=O)NCCOCCN3CCN(c4cc(Nc5ncc(C(=O)Nc6c(C)cccc6Cl)s5)nc(C)n4)CC3)c3cc(F)c(F)cc3n2C)CC1)C1CCCCC1.O=C(O)C(F)(F)F. The Morgan fingerprint density at radius 2 is 1.56 bits per heavy atom. The highest BCUT2D eigenvalue weighted by Crippen LogP contribution is 2.32. The second-order valence-electron chi connectivity index (χ2n) is 19.8. The number of para-hydroxylation sites is 1. The fourth-order valence-corrected chi connectivity index (χ4v) is 10.7. The van der Waals surface area contributed by atoms with Gasteiger partial charge in [-0.2, -0.15) is 13.2 Å². The first kappa shape index (κ1) is 61.5. The number of nitrogens with one attached hydrogen (secondary N) is 5. The molecule has 21 nitrogen and oxygen atoms in total. The minimum Gasteiger partial charge on any atom is -0.475 e. The third-order valence-electron chi connectivity index (χ3n) is 14.3. The molecule has 438 valence electrons. The van der Waals surface area contributed by atoms with Gasteiger partial charge in [-0.15, -0.1) is 0 Å². The summed E-state index contributed by atoms with van der Waals surface area (Å²) in [6, 6.07) is 8.03. The molecule has 81 heavy (non-hydrogen) atoms. The maximum Gasteiger partial charge on any atom is 0.490 e. The van der Waals surface area contributed by atoms with Crippen molar-refractivity contribution in [1.82, 2.24) is 50.2 Å². The van der Waals surface area contributed by atoms with Crippen LogP contribution < -0.4 is 31.5 Å². The molecule has 28 heteroatoms. The highest BCUT2D eigenvalue weighted by Gasteiger charge is 2.39. The van der Waals surface area contributed by atoms with E-state index in [1.807, 2.05) is 32.0 Å². The van der Waals surface area contributed by atoms with Crippen molar-refractivity contribution in [1.29, 1.82) is 0 Å². The molecule has 0 spiro atoms. The number of carboxylic acid groups (broad SMARTS) is 1. The van der Waals surface area contributed by atoms with Gasteiger partial charge in [0.25, 0.3) is 17.7 Å². The van der Waals surface area contributed by atoms with E-state index in [2.05, 4.69) is 51.3 Å². The van der Waals surface area contributed by atoms with Crippen molar-refractivity contribution in [3.05, 3.63) is 86.8 Å². The molecule has 2 saturated heterocycles. The molecule has 1 aliphatic carbocycles. The predicted octanol–water partition coefficient (Wildman–Crippen LogP) is 6.13. The Kier molecular flexibility index (Phi) is 21.0. The average molecular weight is 1170 g/mol. The van der Waals surface area contributed by atoms with E-state index in [0.29, 0.717) is 58.6 Å². The van der Waals surface area contributed by atoms with Crippen molar-refractivity contribution in [2.24, 2.45) is 13.0 Å². The Labute approximate surface area is 472 Å².